The van der Waals surface area contributed by atoms with Crippen LogP contribution in [0.2, 0.25) is 0 Å². The molecule has 0 amide bonds. The first-order valence-electron chi connectivity index (χ1n) is 6.07. The molecule has 0 spiro atoms. The van der Waals surface area contributed by atoms with E-state index >= 15 is 0 Å². The van der Waals surface area contributed by atoms with E-state index in [9.17, 15) is 9.90 Å². The number of carbonyl (C=O) groups is 1. The van der Waals surface area contributed by atoms with Crippen LogP contribution in [0.15, 0.2) is 24.3 Å². The van der Waals surface area contributed by atoms with Gasteiger partial charge in [-0.15, -0.1) is 0 Å². The van der Waals surface area contributed by atoms with Gasteiger partial charge in [0, 0.05) is 0 Å². The number of benzene rings is 1. The number of carboxylic acids is 1. The van der Waals surface area contributed by atoms with Crippen LogP contribution < -0.4 is 4.74 Å². The SMILES string of the molecule is CC(C)C(C(=O)O)c1cccc(OC2CC2)c1. The Labute approximate surface area is 101 Å². The van der Waals surface area contributed by atoms with Crippen LogP contribution in [-0.4, -0.2) is 17.2 Å². The van der Waals surface area contributed by atoms with Crippen molar-refractivity contribution in [3.63, 3.8) is 0 Å². The first-order chi connectivity index (χ1) is 8.08. The summed E-state index contributed by atoms with van der Waals surface area (Å²) in [4.78, 5) is 11.2. The first-order valence-corrected chi connectivity index (χ1v) is 6.07. The molecule has 1 aromatic carbocycles. The fraction of sp³-hybridized carbons (Fsp3) is 0.500. The summed E-state index contributed by atoms with van der Waals surface area (Å²) in [6, 6.07) is 7.47. The Morgan fingerprint density at radius 2 is 2.12 bits per heavy atom. The second-order valence-corrected chi connectivity index (χ2v) is 4.95. The Morgan fingerprint density at radius 1 is 1.41 bits per heavy atom. The molecule has 3 nitrogen and oxygen atoms in total. The zero-order valence-electron chi connectivity index (χ0n) is 10.2. The zero-order valence-corrected chi connectivity index (χ0v) is 10.2. The minimum Gasteiger partial charge on any atom is -0.490 e. The van der Waals surface area contributed by atoms with Crippen molar-refractivity contribution in [1.29, 1.82) is 0 Å². The fourth-order valence-electron chi connectivity index (χ4n) is 1.97. The van der Waals surface area contributed by atoms with Gasteiger partial charge < -0.3 is 9.84 Å². The average Bonchev–Trinajstić information content (AvgIpc) is 3.01. The molecule has 1 N–H and O–H groups in total. The van der Waals surface area contributed by atoms with E-state index in [-0.39, 0.29) is 5.92 Å². The second kappa shape index (κ2) is 4.78. The van der Waals surface area contributed by atoms with Gasteiger partial charge in [-0.2, -0.15) is 0 Å². The maximum atomic E-state index is 11.2. The molecule has 0 radical (unpaired) electrons. The van der Waals surface area contributed by atoms with Crippen molar-refractivity contribution >= 4 is 5.97 Å². The monoisotopic (exact) mass is 234 g/mol. The Morgan fingerprint density at radius 3 is 2.65 bits per heavy atom. The van der Waals surface area contributed by atoms with E-state index < -0.39 is 11.9 Å². The molecule has 17 heavy (non-hydrogen) atoms. The zero-order chi connectivity index (χ0) is 12.4. The van der Waals surface area contributed by atoms with Gasteiger partial charge in [-0.3, -0.25) is 4.79 Å². The van der Waals surface area contributed by atoms with Crippen LogP contribution in [0, 0.1) is 5.92 Å². The van der Waals surface area contributed by atoms with Crippen molar-refractivity contribution in [3.05, 3.63) is 29.8 Å². The van der Waals surface area contributed by atoms with Gasteiger partial charge in [-0.05, 0) is 36.5 Å². The van der Waals surface area contributed by atoms with E-state index in [2.05, 4.69) is 0 Å². The number of hydrogen-bond acceptors (Lipinski definition) is 2. The van der Waals surface area contributed by atoms with Gasteiger partial charge in [0.2, 0.25) is 0 Å². The standard InChI is InChI=1S/C14H18O3/c1-9(2)13(14(15)16)10-4-3-5-12(8-10)17-11-6-7-11/h3-5,8-9,11,13H,6-7H2,1-2H3,(H,15,16). The maximum Gasteiger partial charge on any atom is 0.311 e. The molecule has 3 heteroatoms. The van der Waals surface area contributed by atoms with Gasteiger partial charge >= 0.3 is 5.97 Å². The fourth-order valence-corrected chi connectivity index (χ4v) is 1.97. The van der Waals surface area contributed by atoms with Crippen molar-refractivity contribution in [2.45, 2.75) is 38.7 Å². The summed E-state index contributed by atoms with van der Waals surface area (Å²) in [5.74, 6) is -0.373. The summed E-state index contributed by atoms with van der Waals surface area (Å²) in [5.41, 5.74) is 0.825. The molecule has 1 aliphatic carbocycles. The van der Waals surface area contributed by atoms with Crippen LogP contribution in [0.5, 0.6) is 5.75 Å². The third kappa shape index (κ3) is 2.99. The Balaban J connectivity index is 2.20. The molecule has 0 aromatic heterocycles. The predicted molar refractivity (Wildman–Crippen MR) is 65.3 cm³/mol. The summed E-state index contributed by atoms with van der Waals surface area (Å²) in [5, 5.41) is 9.24. The average molecular weight is 234 g/mol. The molecule has 92 valence electrons. The molecule has 1 aliphatic rings. The topological polar surface area (TPSA) is 46.5 Å². The van der Waals surface area contributed by atoms with Gasteiger partial charge in [0.05, 0.1) is 12.0 Å². The lowest BCUT2D eigenvalue weighted by Crippen LogP contribution is -2.17. The lowest BCUT2D eigenvalue weighted by atomic mass is 9.88. The summed E-state index contributed by atoms with van der Waals surface area (Å²) < 4.78 is 5.68. The molecule has 1 atom stereocenters. The molecule has 1 fully saturated rings. The van der Waals surface area contributed by atoms with Gasteiger partial charge in [-0.25, -0.2) is 0 Å². The van der Waals surface area contributed by atoms with Gasteiger partial charge in [-0.1, -0.05) is 26.0 Å². The van der Waals surface area contributed by atoms with E-state index in [0.717, 1.165) is 24.2 Å². The number of aliphatic carboxylic acids is 1. The van der Waals surface area contributed by atoms with Crippen molar-refractivity contribution < 1.29 is 14.6 Å². The van der Waals surface area contributed by atoms with E-state index in [1.54, 1.807) is 0 Å². The Kier molecular flexibility index (Phi) is 3.36. The van der Waals surface area contributed by atoms with Crippen molar-refractivity contribution in [1.82, 2.24) is 0 Å². The molecule has 0 saturated heterocycles. The van der Waals surface area contributed by atoms with Crippen LogP contribution in [0.4, 0.5) is 0 Å². The number of carboxylic acid groups (broad SMARTS) is 1. The van der Waals surface area contributed by atoms with Crippen LogP contribution in [0.25, 0.3) is 0 Å². The molecular weight excluding hydrogens is 216 g/mol. The number of hydrogen-bond donors (Lipinski definition) is 1. The van der Waals surface area contributed by atoms with Crippen molar-refractivity contribution in [3.8, 4) is 5.75 Å². The van der Waals surface area contributed by atoms with Gasteiger partial charge in [0.1, 0.15) is 5.75 Å². The van der Waals surface area contributed by atoms with Gasteiger partial charge in [0.25, 0.3) is 0 Å². The molecule has 0 aliphatic heterocycles. The molecule has 0 bridgehead atoms. The van der Waals surface area contributed by atoms with Crippen molar-refractivity contribution in [2.75, 3.05) is 0 Å². The molecule has 0 heterocycles. The maximum absolute atomic E-state index is 11.2. The van der Waals surface area contributed by atoms with E-state index in [0.29, 0.717) is 6.10 Å². The molecular formula is C14H18O3. The molecule has 2 rings (SSSR count). The third-order valence-electron chi connectivity index (χ3n) is 2.98. The largest absolute Gasteiger partial charge is 0.490 e. The quantitative estimate of drug-likeness (QED) is 0.851. The molecule has 1 aromatic rings. The number of rotatable bonds is 5. The third-order valence-corrected chi connectivity index (χ3v) is 2.98. The van der Waals surface area contributed by atoms with E-state index in [4.69, 9.17) is 4.74 Å². The highest BCUT2D eigenvalue weighted by atomic mass is 16.5. The summed E-state index contributed by atoms with van der Waals surface area (Å²) >= 11 is 0. The lowest BCUT2D eigenvalue weighted by molar-refractivity contribution is -0.139. The summed E-state index contributed by atoms with van der Waals surface area (Å²) in [7, 11) is 0. The van der Waals surface area contributed by atoms with Crippen LogP contribution in [0.3, 0.4) is 0 Å². The predicted octanol–water partition coefficient (Wildman–Crippen LogP) is 3.05. The van der Waals surface area contributed by atoms with Crippen molar-refractivity contribution in [2.24, 2.45) is 5.92 Å². The van der Waals surface area contributed by atoms with E-state index in [1.807, 2.05) is 38.1 Å². The Hall–Kier alpha value is -1.51. The lowest BCUT2D eigenvalue weighted by Gasteiger charge is -2.17. The highest BCUT2D eigenvalue weighted by molar-refractivity contribution is 5.76. The minimum absolute atomic E-state index is 0.0728. The van der Waals surface area contributed by atoms with Gasteiger partial charge in [0.15, 0.2) is 0 Å². The normalized spacial score (nSPS) is 16.9. The Bertz CT molecular complexity index is 408. The van der Waals surface area contributed by atoms with Crippen LogP contribution in [0.1, 0.15) is 38.2 Å². The number of ether oxygens (including phenoxy) is 1. The smallest absolute Gasteiger partial charge is 0.311 e. The van der Waals surface area contributed by atoms with Crippen LogP contribution in [-0.2, 0) is 4.79 Å². The van der Waals surface area contributed by atoms with Crippen LogP contribution >= 0.6 is 0 Å². The highest BCUT2D eigenvalue weighted by Crippen LogP contribution is 2.31. The summed E-state index contributed by atoms with van der Waals surface area (Å²) in [6.07, 6.45) is 2.56. The summed E-state index contributed by atoms with van der Waals surface area (Å²) in [6.45, 7) is 3.85. The minimum atomic E-state index is -0.774. The second-order valence-electron chi connectivity index (χ2n) is 4.95. The molecule has 1 saturated carbocycles. The first kappa shape index (κ1) is 12.0. The highest BCUT2D eigenvalue weighted by Gasteiger charge is 2.26. The van der Waals surface area contributed by atoms with E-state index in [1.165, 1.54) is 0 Å². The molecule has 1 unspecified atom stereocenters.